The van der Waals surface area contributed by atoms with Crippen LogP contribution in [0.4, 0.5) is 26.3 Å². The zero-order valence-electron chi connectivity index (χ0n) is 17.7. The van der Waals surface area contributed by atoms with Crippen molar-refractivity contribution in [3.63, 3.8) is 0 Å². The Kier molecular flexibility index (Phi) is 6.65. The molecule has 7 nitrogen and oxygen atoms in total. The molecule has 0 spiro atoms. The number of halogens is 6. The van der Waals surface area contributed by atoms with Crippen LogP contribution in [-0.4, -0.2) is 53.9 Å². The van der Waals surface area contributed by atoms with Gasteiger partial charge in [-0.3, -0.25) is 4.79 Å². The number of hydrogen-bond acceptors (Lipinski definition) is 5. The molecule has 1 aromatic carbocycles. The molecule has 2 atom stereocenters. The van der Waals surface area contributed by atoms with E-state index < -0.39 is 43.4 Å². The number of aryl methyl sites for hydroxylation is 1. The van der Waals surface area contributed by atoms with Gasteiger partial charge < -0.3 is 19.5 Å². The summed E-state index contributed by atoms with van der Waals surface area (Å²) in [6.45, 7) is -1.99. The van der Waals surface area contributed by atoms with Gasteiger partial charge in [-0.15, -0.1) is 0 Å². The number of nitrogens with one attached hydrogen (secondary N) is 1. The van der Waals surface area contributed by atoms with Crippen molar-refractivity contribution in [1.82, 2.24) is 15.1 Å². The van der Waals surface area contributed by atoms with E-state index in [2.05, 4.69) is 15.2 Å². The lowest BCUT2D eigenvalue weighted by Crippen LogP contribution is -2.43. The molecule has 2 aromatic rings. The SMILES string of the molecule is O=C(N[C@H]1COc2ccc(COCC(F)(F)F)cc2C1)c1cc2n(n1)CCC(C(F)(F)F)CO2. The number of fused-ring (bicyclic) bond motifs is 2. The number of aromatic nitrogens is 2. The van der Waals surface area contributed by atoms with E-state index in [0.29, 0.717) is 23.3 Å². The smallest absolute Gasteiger partial charge is 0.411 e. The Morgan fingerprint density at radius 2 is 1.94 bits per heavy atom. The third kappa shape index (κ3) is 5.93. The summed E-state index contributed by atoms with van der Waals surface area (Å²) in [6, 6.07) is 5.76. The monoisotopic (exact) mass is 493 g/mol. The molecule has 1 unspecified atom stereocenters. The highest BCUT2D eigenvalue weighted by Crippen LogP contribution is 2.33. The highest BCUT2D eigenvalue weighted by Gasteiger charge is 2.41. The maximum atomic E-state index is 12.9. The van der Waals surface area contributed by atoms with Crippen LogP contribution in [0.1, 0.15) is 28.0 Å². The summed E-state index contributed by atoms with van der Waals surface area (Å²) >= 11 is 0. The zero-order valence-corrected chi connectivity index (χ0v) is 17.7. The van der Waals surface area contributed by atoms with Gasteiger partial charge in [-0.05, 0) is 36.1 Å². The summed E-state index contributed by atoms with van der Waals surface area (Å²) in [7, 11) is 0. The van der Waals surface area contributed by atoms with E-state index in [-0.39, 0.29) is 37.8 Å². The molecular formula is C21H21F6N3O4. The molecule has 13 heteroatoms. The topological polar surface area (TPSA) is 74.6 Å². The van der Waals surface area contributed by atoms with Crippen molar-refractivity contribution in [1.29, 1.82) is 0 Å². The molecular weight excluding hydrogens is 472 g/mol. The molecule has 0 saturated carbocycles. The highest BCUT2D eigenvalue weighted by atomic mass is 19.4. The van der Waals surface area contributed by atoms with Crippen molar-refractivity contribution in [2.75, 3.05) is 19.8 Å². The van der Waals surface area contributed by atoms with Gasteiger partial charge in [-0.25, -0.2) is 4.68 Å². The van der Waals surface area contributed by atoms with Gasteiger partial charge in [-0.1, -0.05) is 6.07 Å². The Hall–Kier alpha value is -2.96. The van der Waals surface area contributed by atoms with E-state index in [1.54, 1.807) is 18.2 Å². The average Bonchev–Trinajstić information content (AvgIpc) is 3.04. The van der Waals surface area contributed by atoms with Crippen LogP contribution >= 0.6 is 0 Å². The number of rotatable bonds is 5. The number of nitrogens with zero attached hydrogens (tertiary/aromatic N) is 2. The molecule has 0 bridgehead atoms. The Morgan fingerprint density at radius 3 is 2.68 bits per heavy atom. The molecule has 0 radical (unpaired) electrons. The molecule has 1 aromatic heterocycles. The Morgan fingerprint density at radius 1 is 1.15 bits per heavy atom. The zero-order chi connectivity index (χ0) is 24.5. The van der Waals surface area contributed by atoms with Crippen LogP contribution in [0.3, 0.4) is 0 Å². The first-order valence-electron chi connectivity index (χ1n) is 10.5. The quantitative estimate of drug-likeness (QED) is 0.644. The molecule has 34 heavy (non-hydrogen) atoms. The second-order valence-corrected chi connectivity index (χ2v) is 8.16. The van der Waals surface area contributed by atoms with Crippen LogP contribution < -0.4 is 14.8 Å². The van der Waals surface area contributed by atoms with Crippen molar-refractivity contribution in [2.24, 2.45) is 5.92 Å². The predicted octanol–water partition coefficient (Wildman–Crippen LogP) is 3.66. The van der Waals surface area contributed by atoms with Crippen molar-refractivity contribution in [2.45, 2.75) is 44.4 Å². The molecule has 186 valence electrons. The molecule has 0 saturated heterocycles. The lowest BCUT2D eigenvalue weighted by molar-refractivity contribution is -0.182. The summed E-state index contributed by atoms with van der Waals surface area (Å²) in [5.41, 5.74) is 1.23. The molecule has 3 heterocycles. The molecule has 2 aliphatic heterocycles. The molecule has 4 rings (SSSR count). The summed E-state index contributed by atoms with van der Waals surface area (Å²) in [5.74, 6) is -1.50. The number of alkyl halides is 6. The van der Waals surface area contributed by atoms with Crippen LogP contribution in [0.5, 0.6) is 11.6 Å². The van der Waals surface area contributed by atoms with Gasteiger partial charge in [0.2, 0.25) is 5.88 Å². The van der Waals surface area contributed by atoms with Gasteiger partial charge in [0.1, 0.15) is 25.6 Å². The fourth-order valence-corrected chi connectivity index (χ4v) is 3.77. The lowest BCUT2D eigenvalue weighted by Gasteiger charge is -2.26. The Balaban J connectivity index is 1.35. The van der Waals surface area contributed by atoms with E-state index in [1.165, 1.54) is 10.7 Å². The molecule has 0 fully saturated rings. The standard InChI is InChI=1S/C21H21F6N3O4/c22-20(23,24)11-32-8-12-1-2-17-13(5-12)6-15(10-33-17)28-19(31)16-7-18-30(29-16)4-3-14(9-34-18)21(25,26)27/h1-2,5,7,14-15H,3-4,6,8-11H2,(H,28,31)/t14?,15-/m1/s1. The van der Waals surface area contributed by atoms with E-state index in [9.17, 15) is 31.1 Å². The second kappa shape index (κ2) is 9.35. The number of benzene rings is 1. The van der Waals surface area contributed by atoms with Crippen LogP contribution in [-0.2, 0) is 24.3 Å². The minimum atomic E-state index is -4.41. The van der Waals surface area contributed by atoms with Crippen molar-refractivity contribution in [3.05, 3.63) is 41.1 Å². The number of carbonyl (C=O) groups is 1. The molecule has 1 amide bonds. The van der Waals surface area contributed by atoms with Crippen molar-refractivity contribution >= 4 is 5.91 Å². The third-order valence-corrected chi connectivity index (χ3v) is 5.46. The highest BCUT2D eigenvalue weighted by molar-refractivity contribution is 5.92. The maximum absolute atomic E-state index is 12.9. The van der Waals surface area contributed by atoms with Crippen LogP contribution in [0.15, 0.2) is 24.3 Å². The van der Waals surface area contributed by atoms with Gasteiger partial charge in [0.05, 0.1) is 18.6 Å². The number of hydrogen-bond donors (Lipinski definition) is 1. The second-order valence-electron chi connectivity index (χ2n) is 8.16. The van der Waals surface area contributed by atoms with Crippen LogP contribution in [0.25, 0.3) is 0 Å². The fraction of sp³-hybridized carbons (Fsp3) is 0.524. The van der Waals surface area contributed by atoms with Gasteiger partial charge in [0.15, 0.2) is 5.69 Å². The van der Waals surface area contributed by atoms with E-state index >= 15 is 0 Å². The number of amides is 1. The minimum absolute atomic E-state index is 0.000516. The first kappa shape index (κ1) is 24.2. The van der Waals surface area contributed by atoms with Gasteiger partial charge in [0.25, 0.3) is 5.91 Å². The van der Waals surface area contributed by atoms with E-state index in [1.807, 2.05) is 0 Å². The normalized spacial score (nSPS) is 20.4. The maximum Gasteiger partial charge on any atom is 0.411 e. The summed E-state index contributed by atoms with van der Waals surface area (Å²) in [4.78, 5) is 12.6. The van der Waals surface area contributed by atoms with E-state index in [4.69, 9.17) is 9.47 Å². The van der Waals surface area contributed by atoms with Crippen LogP contribution in [0.2, 0.25) is 0 Å². The predicted molar refractivity (Wildman–Crippen MR) is 104 cm³/mol. The van der Waals surface area contributed by atoms with Crippen molar-refractivity contribution in [3.8, 4) is 11.6 Å². The van der Waals surface area contributed by atoms with Crippen LogP contribution in [0, 0.1) is 5.92 Å². The third-order valence-electron chi connectivity index (χ3n) is 5.46. The fourth-order valence-electron chi connectivity index (χ4n) is 3.77. The Bertz CT molecular complexity index is 1010. The molecule has 2 aliphatic rings. The molecule has 1 N–H and O–H groups in total. The number of carbonyl (C=O) groups excluding carboxylic acids is 1. The summed E-state index contributed by atoms with van der Waals surface area (Å²) in [6.07, 6.45) is -8.62. The first-order valence-corrected chi connectivity index (χ1v) is 10.5. The van der Waals surface area contributed by atoms with Gasteiger partial charge in [-0.2, -0.15) is 31.4 Å². The largest absolute Gasteiger partial charge is 0.491 e. The van der Waals surface area contributed by atoms with Crippen molar-refractivity contribution < 1.29 is 45.3 Å². The molecule has 0 aliphatic carbocycles. The van der Waals surface area contributed by atoms with Gasteiger partial charge in [0, 0.05) is 12.6 Å². The minimum Gasteiger partial charge on any atom is -0.491 e. The number of ether oxygens (including phenoxy) is 3. The Labute approximate surface area is 190 Å². The van der Waals surface area contributed by atoms with Gasteiger partial charge >= 0.3 is 12.4 Å². The summed E-state index contributed by atoms with van der Waals surface area (Å²) in [5, 5.41) is 6.83. The van der Waals surface area contributed by atoms with E-state index in [0.717, 1.165) is 0 Å². The lowest BCUT2D eigenvalue weighted by atomic mass is 10.0. The summed E-state index contributed by atoms with van der Waals surface area (Å²) < 4.78 is 92.3. The first-order chi connectivity index (χ1) is 16.0. The average molecular weight is 493 g/mol.